The van der Waals surface area contributed by atoms with Crippen LogP contribution in [0.3, 0.4) is 0 Å². The zero-order valence-electron chi connectivity index (χ0n) is 26.5. The molecule has 0 saturated heterocycles. The number of carbonyl (C=O) groups excluding carboxylic acids is 4. The van der Waals surface area contributed by atoms with Crippen LogP contribution in [0.5, 0.6) is 11.5 Å². The summed E-state index contributed by atoms with van der Waals surface area (Å²) in [4.78, 5) is 52.7. The van der Waals surface area contributed by atoms with Crippen molar-refractivity contribution in [3.63, 3.8) is 0 Å². The van der Waals surface area contributed by atoms with Crippen molar-refractivity contribution in [3.8, 4) is 11.5 Å². The van der Waals surface area contributed by atoms with Crippen molar-refractivity contribution in [3.05, 3.63) is 53.4 Å². The SMILES string of the molecule is CCCC(COC(=O)c1c(Cl)c(Cl)cc(Cl)c1OC(=O)C(=O)Oc1c(Cl)cc(Cl)c(Cl)c1C(=O)OCC(CCC)C1CCC1)C1CCC1. The number of hydrogen-bond donors (Lipinski definition) is 0. The first-order valence-electron chi connectivity index (χ1n) is 16.0. The summed E-state index contributed by atoms with van der Waals surface area (Å²) in [7, 11) is 0. The van der Waals surface area contributed by atoms with Crippen LogP contribution >= 0.6 is 69.6 Å². The molecule has 0 aromatic heterocycles. The van der Waals surface area contributed by atoms with Gasteiger partial charge in [-0.3, -0.25) is 0 Å². The Morgan fingerprint density at radius 3 is 1.27 bits per heavy atom. The lowest BCUT2D eigenvalue weighted by molar-refractivity contribution is -0.156. The van der Waals surface area contributed by atoms with Crippen molar-refractivity contribution in [2.45, 2.75) is 78.1 Å². The summed E-state index contributed by atoms with van der Waals surface area (Å²) in [5, 5.41) is -1.40. The first-order valence-corrected chi connectivity index (χ1v) is 18.3. The molecule has 2 aromatic carbocycles. The highest BCUT2D eigenvalue weighted by Crippen LogP contribution is 2.43. The van der Waals surface area contributed by atoms with Crippen molar-refractivity contribution in [1.82, 2.24) is 0 Å². The molecule has 4 rings (SSSR count). The monoisotopic (exact) mass is 782 g/mol. The van der Waals surface area contributed by atoms with Crippen LogP contribution in [0.4, 0.5) is 0 Å². The second-order valence-corrected chi connectivity index (χ2v) is 14.6. The third-order valence-corrected chi connectivity index (χ3v) is 11.2. The summed E-state index contributed by atoms with van der Waals surface area (Å²) in [5.41, 5.74) is -0.881. The van der Waals surface area contributed by atoms with Gasteiger partial charge in [-0.25, -0.2) is 19.2 Å². The Kier molecular flexibility index (Phi) is 14.4. The van der Waals surface area contributed by atoms with E-state index in [0.717, 1.165) is 76.3 Å². The van der Waals surface area contributed by atoms with E-state index < -0.39 is 46.5 Å². The van der Waals surface area contributed by atoms with Crippen molar-refractivity contribution >= 4 is 93.5 Å². The van der Waals surface area contributed by atoms with Gasteiger partial charge in [0.1, 0.15) is 11.1 Å². The molecule has 14 heteroatoms. The predicted octanol–water partition coefficient (Wildman–Crippen LogP) is 10.9. The van der Waals surface area contributed by atoms with E-state index in [1.165, 1.54) is 0 Å². The van der Waals surface area contributed by atoms with Gasteiger partial charge in [0, 0.05) is 0 Å². The van der Waals surface area contributed by atoms with Gasteiger partial charge in [-0.2, -0.15) is 0 Å². The molecule has 2 aliphatic carbocycles. The van der Waals surface area contributed by atoms with Crippen LogP contribution < -0.4 is 9.47 Å². The normalized spacial score (nSPS) is 15.9. The highest BCUT2D eigenvalue weighted by Gasteiger charge is 2.34. The zero-order valence-corrected chi connectivity index (χ0v) is 31.0. The minimum Gasteiger partial charge on any atom is -0.462 e. The minimum absolute atomic E-state index is 0.107. The van der Waals surface area contributed by atoms with Crippen LogP contribution in [0.15, 0.2) is 12.1 Å². The van der Waals surface area contributed by atoms with Gasteiger partial charge in [0.25, 0.3) is 0 Å². The molecule has 0 heterocycles. The quantitative estimate of drug-likeness (QED) is 0.0807. The maximum absolute atomic E-state index is 13.3. The average molecular weight is 785 g/mol. The molecule has 0 aliphatic heterocycles. The number of benzene rings is 2. The zero-order chi connectivity index (χ0) is 35.1. The Labute approximate surface area is 309 Å². The van der Waals surface area contributed by atoms with Gasteiger partial charge in [0.15, 0.2) is 11.5 Å². The van der Waals surface area contributed by atoms with E-state index >= 15 is 0 Å². The van der Waals surface area contributed by atoms with E-state index in [9.17, 15) is 19.2 Å². The summed E-state index contributed by atoms with van der Waals surface area (Å²) in [6.45, 7) is 4.32. The second kappa shape index (κ2) is 17.8. The molecule has 48 heavy (non-hydrogen) atoms. The Bertz CT molecular complexity index is 1420. The fourth-order valence-corrected chi connectivity index (χ4v) is 7.41. The molecule has 2 unspecified atom stereocenters. The average Bonchev–Trinajstić information content (AvgIpc) is 2.98. The molecule has 2 fully saturated rings. The van der Waals surface area contributed by atoms with E-state index in [1.807, 2.05) is 13.8 Å². The molecule has 0 bridgehead atoms. The van der Waals surface area contributed by atoms with Crippen molar-refractivity contribution < 1.29 is 38.1 Å². The molecule has 8 nitrogen and oxygen atoms in total. The van der Waals surface area contributed by atoms with Crippen LogP contribution in [0.2, 0.25) is 30.1 Å². The van der Waals surface area contributed by atoms with Crippen LogP contribution in [-0.4, -0.2) is 37.1 Å². The lowest BCUT2D eigenvalue weighted by atomic mass is 9.74. The van der Waals surface area contributed by atoms with Gasteiger partial charge in [-0.05, 0) is 48.6 Å². The topological polar surface area (TPSA) is 105 Å². The van der Waals surface area contributed by atoms with E-state index in [1.54, 1.807) is 0 Å². The number of esters is 4. The van der Waals surface area contributed by atoms with Gasteiger partial charge >= 0.3 is 23.9 Å². The van der Waals surface area contributed by atoms with Gasteiger partial charge in [0.2, 0.25) is 0 Å². The molecule has 2 atom stereocenters. The lowest BCUT2D eigenvalue weighted by Crippen LogP contribution is -2.29. The van der Waals surface area contributed by atoms with Crippen molar-refractivity contribution in [2.75, 3.05) is 13.2 Å². The number of carbonyl (C=O) groups is 4. The van der Waals surface area contributed by atoms with Crippen LogP contribution in [0.25, 0.3) is 0 Å². The summed E-state index contributed by atoms with van der Waals surface area (Å²) in [6.07, 6.45) is 10.0. The highest BCUT2D eigenvalue weighted by atomic mass is 35.5. The molecule has 2 aromatic rings. The van der Waals surface area contributed by atoms with E-state index in [-0.39, 0.29) is 55.2 Å². The van der Waals surface area contributed by atoms with Crippen molar-refractivity contribution in [2.24, 2.45) is 23.7 Å². The van der Waals surface area contributed by atoms with Gasteiger partial charge in [0.05, 0.1) is 43.3 Å². The van der Waals surface area contributed by atoms with Crippen LogP contribution in [-0.2, 0) is 19.1 Å². The summed E-state index contributed by atoms with van der Waals surface area (Å²) in [6, 6.07) is 2.29. The number of ether oxygens (including phenoxy) is 4. The fourth-order valence-electron chi connectivity index (χ4n) is 5.97. The number of halogens is 6. The molecular weight excluding hydrogens is 749 g/mol. The first kappa shape index (κ1) is 38.9. The Hall–Kier alpha value is -1.94. The maximum atomic E-state index is 13.3. The third-order valence-electron chi connectivity index (χ3n) is 9.03. The molecular formula is C34H36Cl6O8. The summed E-state index contributed by atoms with van der Waals surface area (Å²) in [5.74, 6) is -5.08. The van der Waals surface area contributed by atoms with Crippen LogP contribution in [0, 0.1) is 23.7 Å². The molecule has 2 aliphatic rings. The molecule has 2 saturated carbocycles. The maximum Gasteiger partial charge on any atom is 0.423 e. The largest absolute Gasteiger partial charge is 0.462 e. The molecule has 0 radical (unpaired) electrons. The van der Waals surface area contributed by atoms with E-state index in [0.29, 0.717) is 11.8 Å². The molecule has 0 amide bonds. The Morgan fingerprint density at radius 2 is 0.979 bits per heavy atom. The Balaban J connectivity index is 1.53. The van der Waals surface area contributed by atoms with E-state index in [2.05, 4.69) is 0 Å². The summed E-state index contributed by atoms with van der Waals surface area (Å²) < 4.78 is 21.7. The lowest BCUT2D eigenvalue weighted by Gasteiger charge is -2.33. The Morgan fingerprint density at radius 1 is 0.625 bits per heavy atom. The first-order chi connectivity index (χ1) is 22.9. The van der Waals surface area contributed by atoms with Gasteiger partial charge in [-0.15, -0.1) is 0 Å². The van der Waals surface area contributed by atoms with E-state index in [4.69, 9.17) is 88.6 Å². The molecule has 262 valence electrons. The minimum atomic E-state index is -1.63. The summed E-state index contributed by atoms with van der Waals surface area (Å²) >= 11 is 37.7. The highest BCUT2D eigenvalue weighted by molar-refractivity contribution is 6.47. The molecule has 0 N–H and O–H groups in total. The smallest absolute Gasteiger partial charge is 0.423 e. The predicted molar refractivity (Wildman–Crippen MR) is 186 cm³/mol. The molecule has 0 spiro atoms. The standard InChI is InChI=1S/C34H36Cl6O8/c1-3-7-19(17-9-5-10-17)15-45-31(41)25-27(39)21(35)13-23(37)29(25)47-33(43)34(44)48-30-24(38)14-22(36)28(40)26(30)32(42)46-16-20(8-4-2)18-11-6-12-18/h13-14,17-20H,3-12,15-16H2,1-2H3. The van der Waals surface area contributed by atoms with Crippen molar-refractivity contribution in [1.29, 1.82) is 0 Å². The van der Waals surface area contributed by atoms with Gasteiger partial charge in [-0.1, -0.05) is 135 Å². The van der Waals surface area contributed by atoms with Gasteiger partial charge < -0.3 is 18.9 Å². The number of rotatable bonds is 14. The third kappa shape index (κ3) is 9.23. The fraction of sp³-hybridized carbons (Fsp3) is 0.529. The second-order valence-electron chi connectivity index (χ2n) is 12.2. The van der Waals surface area contributed by atoms with Crippen LogP contribution in [0.1, 0.15) is 98.8 Å². The number of hydrogen-bond acceptors (Lipinski definition) is 8.